The zero-order chi connectivity index (χ0) is 18.6. The van der Waals surface area contributed by atoms with Crippen LogP contribution < -0.4 is 5.32 Å². The second-order valence-corrected chi connectivity index (χ2v) is 8.28. The number of fused-ring (bicyclic) bond motifs is 1. The van der Waals surface area contributed by atoms with Crippen LogP contribution in [0, 0.1) is 0 Å². The minimum absolute atomic E-state index is 0.0887. The Hall–Kier alpha value is -2.22. The van der Waals surface area contributed by atoms with Crippen molar-refractivity contribution in [2.24, 2.45) is 0 Å². The number of nitrogens with one attached hydrogen (secondary N) is 1. The number of alkyl carbamates (subject to hydrolysis) is 1. The van der Waals surface area contributed by atoms with Gasteiger partial charge in [-0.1, -0.05) is 12.1 Å². The van der Waals surface area contributed by atoms with Crippen LogP contribution in [-0.4, -0.2) is 57.2 Å². The van der Waals surface area contributed by atoms with E-state index in [0.29, 0.717) is 11.1 Å². The van der Waals surface area contributed by atoms with E-state index in [1.54, 1.807) is 45.0 Å². The van der Waals surface area contributed by atoms with Crippen molar-refractivity contribution in [2.75, 3.05) is 24.6 Å². The van der Waals surface area contributed by atoms with Crippen molar-refractivity contribution in [1.82, 2.24) is 10.2 Å². The van der Waals surface area contributed by atoms with Gasteiger partial charge in [-0.15, -0.1) is 0 Å². The number of imide groups is 1. The summed E-state index contributed by atoms with van der Waals surface area (Å²) in [6.07, 6.45) is -0.565. The van der Waals surface area contributed by atoms with E-state index < -0.39 is 22.5 Å². The lowest BCUT2D eigenvalue weighted by atomic mass is 10.1. The number of hydrogen-bond donors (Lipinski definition) is 1. The van der Waals surface area contributed by atoms with E-state index in [1.807, 2.05) is 0 Å². The molecule has 1 N–H and O–H groups in total. The molecule has 0 spiro atoms. The molecule has 1 aromatic rings. The molecule has 0 saturated heterocycles. The number of rotatable bonds is 6. The summed E-state index contributed by atoms with van der Waals surface area (Å²) in [5.74, 6) is -0.321. The van der Waals surface area contributed by atoms with Crippen molar-refractivity contribution in [3.05, 3.63) is 35.4 Å². The number of carbonyl (C=O) groups is 3. The first-order valence-corrected chi connectivity index (χ1v) is 9.45. The second-order valence-electron chi connectivity index (χ2n) is 6.58. The SMILES string of the molecule is CC(C)(C)OC(=O)NCCS(=O)CCN1C(=O)c2ccccc2C1=O. The number of carbonyl (C=O) groups excluding carboxylic acids is 3. The first kappa shape index (κ1) is 19.1. The average Bonchev–Trinajstić information content (AvgIpc) is 2.76. The van der Waals surface area contributed by atoms with Crippen molar-refractivity contribution in [3.8, 4) is 0 Å². The lowest BCUT2D eigenvalue weighted by molar-refractivity contribution is 0.0530. The minimum Gasteiger partial charge on any atom is -0.444 e. The Kier molecular flexibility index (Phi) is 5.94. The van der Waals surface area contributed by atoms with Gasteiger partial charge >= 0.3 is 6.09 Å². The Morgan fingerprint density at radius 2 is 1.68 bits per heavy atom. The molecular weight excluding hydrogens is 344 g/mol. The molecular formula is C17H22N2O5S. The lowest BCUT2D eigenvalue weighted by Gasteiger charge is -2.19. The van der Waals surface area contributed by atoms with Gasteiger partial charge in [0.15, 0.2) is 0 Å². The molecule has 0 aromatic heterocycles. The zero-order valence-electron chi connectivity index (χ0n) is 14.5. The summed E-state index contributed by atoms with van der Waals surface area (Å²) >= 11 is 0. The van der Waals surface area contributed by atoms with Gasteiger partial charge in [-0.3, -0.25) is 18.7 Å². The van der Waals surface area contributed by atoms with Crippen molar-refractivity contribution in [3.63, 3.8) is 0 Å². The van der Waals surface area contributed by atoms with Gasteiger partial charge in [-0.25, -0.2) is 4.79 Å². The third kappa shape index (κ3) is 5.12. The fourth-order valence-electron chi connectivity index (χ4n) is 2.32. The lowest BCUT2D eigenvalue weighted by Crippen LogP contribution is -2.36. The smallest absolute Gasteiger partial charge is 0.407 e. The molecule has 0 radical (unpaired) electrons. The van der Waals surface area contributed by atoms with Crippen molar-refractivity contribution >= 4 is 28.7 Å². The molecule has 1 heterocycles. The van der Waals surface area contributed by atoms with Crippen LogP contribution in [0.4, 0.5) is 4.79 Å². The normalized spacial score (nSPS) is 15.1. The van der Waals surface area contributed by atoms with E-state index in [0.717, 1.165) is 4.90 Å². The van der Waals surface area contributed by atoms with E-state index in [1.165, 1.54) is 0 Å². The maximum absolute atomic E-state index is 12.2. The van der Waals surface area contributed by atoms with Crippen LogP contribution in [0.15, 0.2) is 24.3 Å². The average molecular weight is 366 g/mol. The Bertz CT molecular complexity index is 676. The molecule has 1 aliphatic rings. The van der Waals surface area contributed by atoms with Crippen LogP contribution in [0.5, 0.6) is 0 Å². The third-order valence-electron chi connectivity index (χ3n) is 3.42. The fourth-order valence-corrected chi connectivity index (χ4v) is 3.24. The Labute approximate surface area is 149 Å². The predicted octanol–water partition coefficient (Wildman–Crippen LogP) is 1.56. The highest BCUT2D eigenvalue weighted by molar-refractivity contribution is 7.85. The molecule has 0 aliphatic carbocycles. The molecule has 1 aliphatic heterocycles. The number of hydrogen-bond acceptors (Lipinski definition) is 5. The highest BCUT2D eigenvalue weighted by Crippen LogP contribution is 2.21. The summed E-state index contributed by atoms with van der Waals surface area (Å²) in [4.78, 5) is 37.0. The number of ether oxygens (including phenoxy) is 1. The molecule has 1 unspecified atom stereocenters. The van der Waals surface area contributed by atoms with Crippen LogP contribution >= 0.6 is 0 Å². The van der Waals surface area contributed by atoms with E-state index in [9.17, 15) is 18.6 Å². The number of amides is 3. The van der Waals surface area contributed by atoms with E-state index in [2.05, 4.69) is 5.32 Å². The molecule has 0 fully saturated rings. The summed E-state index contributed by atoms with van der Waals surface area (Å²) in [7, 11) is -1.27. The zero-order valence-corrected chi connectivity index (χ0v) is 15.4. The maximum Gasteiger partial charge on any atom is 0.407 e. The first-order chi connectivity index (χ1) is 11.7. The topological polar surface area (TPSA) is 92.8 Å². The van der Waals surface area contributed by atoms with Gasteiger partial charge in [0.2, 0.25) is 0 Å². The molecule has 7 nitrogen and oxygen atoms in total. The third-order valence-corrected chi connectivity index (χ3v) is 4.72. The number of benzene rings is 1. The summed E-state index contributed by atoms with van der Waals surface area (Å²) < 4.78 is 17.1. The van der Waals surface area contributed by atoms with Crippen molar-refractivity contribution in [2.45, 2.75) is 26.4 Å². The molecule has 8 heteroatoms. The van der Waals surface area contributed by atoms with E-state index >= 15 is 0 Å². The Morgan fingerprint density at radius 3 is 2.20 bits per heavy atom. The largest absolute Gasteiger partial charge is 0.444 e. The molecule has 3 amide bonds. The van der Waals surface area contributed by atoms with Crippen LogP contribution in [0.3, 0.4) is 0 Å². The molecule has 2 rings (SSSR count). The fraction of sp³-hybridized carbons (Fsp3) is 0.471. The van der Waals surface area contributed by atoms with Gasteiger partial charge in [0.25, 0.3) is 11.8 Å². The van der Waals surface area contributed by atoms with Gasteiger partial charge in [0.05, 0.1) is 11.1 Å². The predicted molar refractivity (Wildman–Crippen MR) is 93.9 cm³/mol. The molecule has 0 bridgehead atoms. The van der Waals surface area contributed by atoms with Gasteiger partial charge in [-0.05, 0) is 32.9 Å². The molecule has 1 atom stereocenters. The van der Waals surface area contributed by atoms with Crippen molar-refractivity contribution < 1.29 is 23.3 Å². The minimum atomic E-state index is -1.27. The Morgan fingerprint density at radius 1 is 1.12 bits per heavy atom. The molecule has 1 aromatic carbocycles. The van der Waals surface area contributed by atoms with Crippen LogP contribution in [0.1, 0.15) is 41.5 Å². The highest BCUT2D eigenvalue weighted by Gasteiger charge is 2.34. The van der Waals surface area contributed by atoms with Gasteiger partial charge < -0.3 is 10.1 Å². The summed E-state index contributed by atoms with van der Waals surface area (Å²) in [6.45, 7) is 5.56. The van der Waals surface area contributed by atoms with Gasteiger partial charge in [0, 0.05) is 35.4 Å². The van der Waals surface area contributed by atoms with Crippen LogP contribution in [-0.2, 0) is 15.5 Å². The quantitative estimate of drug-likeness (QED) is 0.771. The van der Waals surface area contributed by atoms with Crippen molar-refractivity contribution in [1.29, 1.82) is 0 Å². The van der Waals surface area contributed by atoms with Crippen LogP contribution in [0.2, 0.25) is 0 Å². The van der Waals surface area contributed by atoms with E-state index in [-0.39, 0.29) is 36.4 Å². The summed E-state index contributed by atoms with van der Waals surface area (Å²) in [5, 5.41) is 2.53. The molecule has 0 saturated carbocycles. The monoisotopic (exact) mass is 366 g/mol. The molecule has 136 valence electrons. The molecule has 25 heavy (non-hydrogen) atoms. The number of nitrogens with zero attached hydrogens (tertiary/aromatic N) is 1. The highest BCUT2D eigenvalue weighted by atomic mass is 32.2. The van der Waals surface area contributed by atoms with Gasteiger partial charge in [0.1, 0.15) is 5.60 Å². The van der Waals surface area contributed by atoms with Gasteiger partial charge in [-0.2, -0.15) is 0 Å². The maximum atomic E-state index is 12.2. The second kappa shape index (κ2) is 7.77. The van der Waals surface area contributed by atoms with Crippen LogP contribution in [0.25, 0.3) is 0 Å². The summed E-state index contributed by atoms with van der Waals surface area (Å²) in [6, 6.07) is 6.62. The summed E-state index contributed by atoms with van der Waals surface area (Å²) in [5.41, 5.74) is 0.170. The Balaban J connectivity index is 1.75. The first-order valence-electron chi connectivity index (χ1n) is 7.96. The van der Waals surface area contributed by atoms with E-state index in [4.69, 9.17) is 4.74 Å². The standard InChI is InChI=1S/C17H22N2O5S/c1-17(2,3)24-16(22)18-8-10-25(23)11-9-19-14(20)12-6-4-5-7-13(12)15(19)21/h4-7H,8-11H2,1-3H3,(H,18,22).